The molecule has 33 heavy (non-hydrogen) atoms. The van der Waals surface area contributed by atoms with Crippen molar-refractivity contribution in [2.75, 3.05) is 18.4 Å². The zero-order valence-corrected chi connectivity index (χ0v) is 18.1. The lowest BCUT2D eigenvalue weighted by Gasteiger charge is -2.52. The largest absolute Gasteiger partial charge is 0.416 e. The number of amides is 2. The fourth-order valence-electron chi connectivity index (χ4n) is 5.38. The van der Waals surface area contributed by atoms with E-state index >= 15 is 0 Å². The van der Waals surface area contributed by atoms with E-state index in [0.29, 0.717) is 38.5 Å². The summed E-state index contributed by atoms with van der Waals surface area (Å²) in [5.41, 5.74) is -1.62. The summed E-state index contributed by atoms with van der Waals surface area (Å²) in [4.78, 5) is 26.8. The maximum Gasteiger partial charge on any atom is 0.416 e. The van der Waals surface area contributed by atoms with E-state index in [1.54, 1.807) is 0 Å². The van der Waals surface area contributed by atoms with Crippen molar-refractivity contribution in [1.82, 2.24) is 10.2 Å². The number of benzene rings is 1. The van der Waals surface area contributed by atoms with Gasteiger partial charge in [-0.3, -0.25) is 9.59 Å². The van der Waals surface area contributed by atoms with Crippen molar-refractivity contribution in [3.8, 4) is 6.07 Å². The summed E-state index contributed by atoms with van der Waals surface area (Å²) in [6.45, 7) is -0.0567. The maximum absolute atomic E-state index is 13.6. The van der Waals surface area contributed by atoms with Gasteiger partial charge in [0.1, 0.15) is 12.2 Å². The molecule has 4 aliphatic rings. The third kappa shape index (κ3) is 4.69. The lowest BCUT2D eigenvalue weighted by atomic mass is 9.57. The van der Waals surface area contributed by atoms with Crippen molar-refractivity contribution in [2.45, 2.75) is 68.9 Å². The van der Waals surface area contributed by atoms with Crippen molar-refractivity contribution in [1.29, 1.82) is 5.26 Å². The Hall–Kier alpha value is -2.67. The van der Waals surface area contributed by atoms with Gasteiger partial charge in [0.2, 0.25) is 11.8 Å². The minimum absolute atomic E-state index is 0.00826. The molecule has 2 atom stereocenters. The van der Waals surface area contributed by atoms with E-state index < -0.39 is 29.4 Å². The molecule has 1 heterocycles. The molecule has 0 spiro atoms. The number of rotatable bonds is 5. The highest BCUT2D eigenvalue weighted by Gasteiger charge is 2.52. The van der Waals surface area contributed by atoms with Gasteiger partial charge in [0.25, 0.3) is 0 Å². The van der Waals surface area contributed by atoms with Gasteiger partial charge >= 0.3 is 6.18 Å². The number of fused-ring (bicyclic) bond motifs is 3. The highest BCUT2D eigenvalue weighted by molar-refractivity contribution is 5.95. The van der Waals surface area contributed by atoms with Crippen molar-refractivity contribution in [3.05, 3.63) is 29.8 Å². The van der Waals surface area contributed by atoms with Crippen molar-refractivity contribution >= 4 is 17.5 Å². The molecule has 3 aliphatic carbocycles. The molecule has 178 valence electrons. The second-order valence-corrected chi connectivity index (χ2v) is 9.47. The van der Waals surface area contributed by atoms with E-state index in [9.17, 15) is 27.2 Å². The SMILES string of the molecule is N#C[C@@H]1C[C@H](F)CN1C(=O)CNC12CCC(C(=O)Nc3cccc(C(F)(F)F)c3)(CC1)CC2. The van der Waals surface area contributed by atoms with Crippen LogP contribution in [-0.2, 0) is 15.8 Å². The van der Waals surface area contributed by atoms with Crippen LogP contribution in [0.5, 0.6) is 0 Å². The van der Waals surface area contributed by atoms with Crippen LogP contribution in [0.1, 0.15) is 50.5 Å². The summed E-state index contributed by atoms with van der Waals surface area (Å²) in [5.74, 6) is -0.574. The Morgan fingerprint density at radius 2 is 1.82 bits per heavy atom. The van der Waals surface area contributed by atoms with Crippen molar-refractivity contribution in [2.24, 2.45) is 5.41 Å². The van der Waals surface area contributed by atoms with Crippen LogP contribution in [0.25, 0.3) is 0 Å². The third-order valence-electron chi connectivity index (χ3n) is 7.51. The number of carbonyl (C=O) groups excluding carboxylic acids is 2. The first-order valence-electron chi connectivity index (χ1n) is 11.1. The number of hydrogen-bond donors (Lipinski definition) is 2. The van der Waals surface area contributed by atoms with E-state index in [1.807, 2.05) is 6.07 Å². The zero-order valence-electron chi connectivity index (χ0n) is 18.1. The molecule has 1 aliphatic heterocycles. The second kappa shape index (κ2) is 8.60. The number of nitriles is 1. The quantitative estimate of drug-likeness (QED) is 0.647. The molecule has 4 fully saturated rings. The van der Waals surface area contributed by atoms with Gasteiger partial charge in [-0.2, -0.15) is 18.4 Å². The standard InChI is InChI=1S/C23H26F4N4O2/c24-16-11-18(12-28)31(14-16)19(32)13-29-22-7-4-21(5-8-22,6-9-22)20(33)30-17-3-1-2-15(10-17)23(25,26)27/h1-3,10,16,18,29H,4-9,11,13-14H2,(H,30,33)/t16-,18-,21?,22?/m0/s1. The van der Waals surface area contributed by atoms with Gasteiger partial charge in [-0.05, 0) is 56.7 Å². The maximum atomic E-state index is 13.6. The average molecular weight is 466 g/mol. The molecule has 0 radical (unpaired) electrons. The number of hydrogen-bond acceptors (Lipinski definition) is 4. The molecule has 3 saturated carbocycles. The summed E-state index contributed by atoms with van der Waals surface area (Å²) >= 11 is 0. The first kappa shape index (κ1) is 23.5. The molecule has 10 heteroatoms. The number of carbonyl (C=O) groups is 2. The molecule has 6 nitrogen and oxygen atoms in total. The fourth-order valence-corrected chi connectivity index (χ4v) is 5.38. The van der Waals surface area contributed by atoms with E-state index in [4.69, 9.17) is 5.26 Å². The first-order valence-corrected chi connectivity index (χ1v) is 11.1. The Balaban J connectivity index is 1.34. The number of anilines is 1. The molecule has 1 saturated heterocycles. The van der Waals surface area contributed by atoms with Crippen molar-refractivity contribution < 1.29 is 27.2 Å². The number of likely N-dealkylation sites (tertiary alicyclic amines) is 1. The van der Waals surface area contributed by atoms with Gasteiger partial charge in [0, 0.05) is 23.1 Å². The number of nitrogens with zero attached hydrogens (tertiary/aromatic N) is 2. The smallest absolute Gasteiger partial charge is 0.326 e. The predicted molar refractivity (Wildman–Crippen MR) is 112 cm³/mol. The van der Waals surface area contributed by atoms with Gasteiger partial charge < -0.3 is 15.5 Å². The molecule has 1 aromatic carbocycles. The molecular formula is C23H26F4N4O2. The van der Waals surface area contributed by atoms with Gasteiger partial charge in [0.15, 0.2) is 0 Å². The van der Waals surface area contributed by atoms with Crippen LogP contribution in [0, 0.1) is 16.7 Å². The highest BCUT2D eigenvalue weighted by atomic mass is 19.4. The van der Waals surface area contributed by atoms with E-state index in [-0.39, 0.29) is 42.6 Å². The van der Waals surface area contributed by atoms with Crippen LogP contribution in [0.3, 0.4) is 0 Å². The number of nitrogens with one attached hydrogen (secondary N) is 2. The predicted octanol–water partition coefficient (Wildman–Crippen LogP) is 3.79. The van der Waals surface area contributed by atoms with E-state index in [2.05, 4.69) is 10.6 Å². The molecule has 2 N–H and O–H groups in total. The number of halogens is 4. The molecular weight excluding hydrogens is 440 g/mol. The minimum atomic E-state index is -4.48. The van der Waals surface area contributed by atoms with Crippen LogP contribution in [-0.4, -0.2) is 47.6 Å². The number of alkyl halides is 4. The monoisotopic (exact) mass is 466 g/mol. The molecule has 2 bridgehead atoms. The molecule has 0 aromatic heterocycles. The Labute approximate surface area is 189 Å². The third-order valence-corrected chi connectivity index (χ3v) is 7.51. The van der Waals surface area contributed by atoms with Crippen LogP contribution in [0.2, 0.25) is 0 Å². The Morgan fingerprint density at radius 3 is 2.42 bits per heavy atom. The van der Waals surface area contributed by atoms with Gasteiger partial charge in [0.05, 0.1) is 24.7 Å². The summed E-state index contributed by atoms with van der Waals surface area (Å²) in [6, 6.07) is 5.85. The van der Waals surface area contributed by atoms with Gasteiger partial charge in [-0.25, -0.2) is 4.39 Å². The van der Waals surface area contributed by atoms with Gasteiger partial charge in [-0.1, -0.05) is 6.07 Å². The normalized spacial score (nSPS) is 31.3. The zero-order chi connectivity index (χ0) is 23.9. The van der Waals surface area contributed by atoms with Crippen LogP contribution in [0.15, 0.2) is 24.3 Å². The minimum Gasteiger partial charge on any atom is -0.326 e. The lowest BCUT2D eigenvalue weighted by molar-refractivity contribution is -0.137. The topological polar surface area (TPSA) is 85.2 Å². The van der Waals surface area contributed by atoms with Crippen LogP contribution < -0.4 is 10.6 Å². The highest BCUT2D eigenvalue weighted by Crippen LogP contribution is 2.52. The molecule has 5 rings (SSSR count). The summed E-state index contributed by atoms with van der Waals surface area (Å²) in [5, 5.41) is 15.1. The Morgan fingerprint density at radius 1 is 1.15 bits per heavy atom. The second-order valence-electron chi connectivity index (χ2n) is 9.47. The molecule has 2 amide bonds. The Kier molecular flexibility index (Phi) is 6.12. The molecule has 0 unspecified atom stereocenters. The summed E-state index contributed by atoms with van der Waals surface area (Å²) < 4.78 is 52.5. The fraction of sp³-hybridized carbons (Fsp3) is 0.609. The van der Waals surface area contributed by atoms with Gasteiger partial charge in [-0.15, -0.1) is 0 Å². The van der Waals surface area contributed by atoms with E-state index in [1.165, 1.54) is 17.0 Å². The van der Waals surface area contributed by atoms with Crippen LogP contribution in [0.4, 0.5) is 23.2 Å². The first-order chi connectivity index (χ1) is 15.6. The van der Waals surface area contributed by atoms with E-state index in [0.717, 1.165) is 12.1 Å². The Bertz CT molecular complexity index is 949. The summed E-state index contributed by atoms with van der Waals surface area (Å²) in [6.07, 6.45) is -1.96. The summed E-state index contributed by atoms with van der Waals surface area (Å²) in [7, 11) is 0. The lowest BCUT2D eigenvalue weighted by Crippen LogP contribution is -2.59. The van der Waals surface area contributed by atoms with Crippen LogP contribution >= 0.6 is 0 Å². The average Bonchev–Trinajstić information content (AvgIpc) is 3.19. The molecule has 1 aromatic rings. The van der Waals surface area contributed by atoms with Crippen molar-refractivity contribution in [3.63, 3.8) is 0 Å².